The highest BCUT2D eigenvalue weighted by atomic mass is 32.2. The van der Waals surface area contributed by atoms with Crippen LogP contribution in [-0.4, -0.2) is 85.5 Å². The van der Waals surface area contributed by atoms with Crippen LogP contribution in [-0.2, 0) is 17.0 Å². The van der Waals surface area contributed by atoms with Crippen molar-refractivity contribution in [2.24, 2.45) is 10.9 Å². The van der Waals surface area contributed by atoms with E-state index in [-0.39, 0.29) is 11.6 Å². The first-order chi connectivity index (χ1) is 32.6. The zero-order valence-corrected chi connectivity index (χ0v) is 46.1. The second-order valence-electron chi connectivity index (χ2n) is 9.77. The summed E-state index contributed by atoms with van der Waals surface area (Å²) < 4.78 is 10.1. The molecule has 0 spiro atoms. The van der Waals surface area contributed by atoms with Crippen LogP contribution in [0.5, 0.6) is 0 Å². The molecule has 0 amide bonds. The van der Waals surface area contributed by atoms with E-state index in [9.17, 15) is 4.79 Å². The molecule has 0 bridgehead atoms. The fraction of sp³-hybridized carbons (Fsp3) is 0.489. The molecule has 0 unspecified atom stereocenters. The molecule has 5 rings (SSSR count). The summed E-state index contributed by atoms with van der Waals surface area (Å²) >= 11 is 5.19. The molecule has 0 aliphatic carbocycles. The Kier molecular flexibility index (Phi) is 84.1. The van der Waals surface area contributed by atoms with Gasteiger partial charge >= 0.3 is 0 Å². The summed E-state index contributed by atoms with van der Waals surface area (Å²) in [6.07, 6.45) is 5.15. The largest absolute Gasteiger partial charge is 0.409 e. The van der Waals surface area contributed by atoms with Crippen molar-refractivity contribution in [1.82, 2.24) is 20.3 Å². The molecule has 19 nitrogen and oxygen atoms in total. The lowest BCUT2D eigenvalue weighted by Crippen LogP contribution is -2.12. The second-order valence-corrected chi connectivity index (χ2v) is 10.6. The van der Waals surface area contributed by atoms with Crippen LogP contribution >= 0.6 is 24.4 Å². The normalized spacial score (nSPS) is 8.04. The number of carbonyl (C=O) groups excluding carboxylic acids is 1. The maximum absolute atomic E-state index is 9.81. The minimum atomic E-state index is -0.500. The average Bonchev–Trinajstić information content (AvgIpc) is 4.08. The van der Waals surface area contributed by atoms with Gasteiger partial charge in [0, 0.05) is 44.3 Å². The van der Waals surface area contributed by atoms with Crippen LogP contribution < -0.4 is 5.73 Å². The zero-order chi connectivity index (χ0) is 55.3. The lowest BCUT2D eigenvalue weighted by molar-refractivity contribution is -0.445. The number of ketones is 1. The summed E-state index contributed by atoms with van der Waals surface area (Å²) in [6.45, 7) is 29.4. The van der Waals surface area contributed by atoms with Crippen molar-refractivity contribution < 1.29 is 33.8 Å². The number of amidine groups is 1. The number of nitrogens with two attached hydrogens (primary N) is 1. The smallest absolute Gasteiger partial charge is 0.236 e. The van der Waals surface area contributed by atoms with Crippen molar-refractivity contribution in [1.29, 1.82) is 0 Å². The number of rotatable bonds is 7. The Morgan fingerprint density at radius 3 is 1.13 bits per heavy atom. The third-order valence-corrected chi connectivity index (χ3v) is 5.78. The van der Waals surface area contributed by atoms with Gasteiger partial charge in [-0.1, -0.05) is 203 Å². The summed E-state index contributed by atoms with van der Waals surface area (Å²) in [4.78, 5) is 43.2. The third kappa shape index (κ3) is 64.1. The molecular weight excluding hydrogens is 915 g/mol. The number of aromatic nitrogens is 4. The number of thioether (sulfide) groups is 1. The number of Topliss-reactive ketones (excluding diaryl/α,β-unsaturated/α-hetero) is 1. The number of carbonyl (C=O) groups is 1. The molecule has 390 valence electrons. The topological polar surface area (TPSA) is 283 Å². The zero-order valence-electron chi connectivity index (χ0n) is 44.4. The SMILES string of the molecule is CC.CC.CC.CC.CC.CC.CCC(C)=O.CCc1nc(-c2ccccc2)no1.CS.CSCc1nc(-c2ccccc2)no1.C[N+](=O)[O-].C[N+](=O)[O-].C[N+](=O)[O-].N/C(=N\O)c1ccccc1. The highest BCUT2D eigenvalue weighted by Gasteiger charge is 2.07. The van der Waals surface area contributed by atoms with Gasteiger partial charge in [0.2, 0.25) is 23.4 Å². The minimum absolute atomic E-state index is 0.139. The van der Waals surface area contributed by atoms with Gasteiger partial charge in [-0.15, -0.1) is 0 Å². The van der Waals surface area contributed by atoms with Crippen molar-refractivity contribution in [2.45, 2.75) is 122 Å². The van der Waals surface area contributed by atoms with E-state index >= 15 is 0 Å². The molecule has 0 aliphatic rings. The quantitative estimate of drug-likeness (QED) is 0.0341. The maximum atomic E-state index is 9.81. The van der Waals surface area contributed by atoms with Crippen LogP contribution in [0.15, 0.2) is 105 Å². The summed E-state index contributed by atoms with van der Waals surface area (Å²) in [5, 5.41) is 45.3. The molecule has 2 aromatic heterocycles. The Balaban J connectivity index is -0.0000000855. The number of hydrogen-bond acceptors (Lipinski definition) is 17. The predicted molar refractivity (Wildman–Crippen MR) is 288 cm³/mol. The fourth-order valence-corrected chi connectivity index (χ4v) is 3.28. The molecule has 2 heterocycles. The lowest BCUT2D eigenvalue weighted by atomic mass is 10.2. The minimum Gasteiger partial charge on any atom is -0.409 e. The maximum Gasteiger partial charge on any atom is 0.236 e. The van der Waals surface area contributed by atoms with Crippen molar-refractivity contribution in [3.8, 4) is 22.8 Å². The van der Waals surface area contributed by atoms with Gasteiger partial charge in [-0.2, -0.15) is 34.4 Å². The second kappa shape index (κ2) is 69.8. The van der Waals surface area contributed by atoms with E-state index in [1.165, 1.54) is 0 Å². The Hall–Kier alpha value is -6.22. The molecule has 0 aliphatic heterocycles. The number of nitro groups is 3. The summed E-state index contributed by atoms with van der Waals surface area (Å²) in [6, 6.07) is 28.7. The van der Waals surface area contributed by atoms with Crippen LogP contribution in [0.1, 0.15) is 128 Å². The molecular formula is C47H85N9O10S2. The first kappa shape index (κ1) is 81.9. The number of benzene rings is 3. The molecule has 0 atom stereocenters. The predicted octanol–water partition coefficient (Wildman–Crippen LogP) is 13.0. The standard InChI is InChI=1S/C10H10N2OS.C10H10N2O.C7H8N2O.C4H8O.6C2H6.3CH3NO2.CH4S/c1-14-7-9-11-10(12-13-9)8-5-3-2-4-6-8;1-2-9-11-10(12-13-9)8-6-4-3-5-7-8;8-7(9-10)6-4-2-1-3-5-6;1-3-4(2)5;6*1-2;3*1-2(3)4;1-2/h2-6H,7H2,1H3;3-7H,2H2,1H3;1-5,10H,(H2,8,9);3H2,1-2H3;6*1-2H3;3*1H3;2H,1H3. The van der Waals surface area contributed by atoms with Gasteiger partial charge in [-0.25, -0.2) is 0 Å². The Morgan fingerprint density at radius 2 is 0.897 bits per heavy atom. The van der Waals surface area contributed by atoms with Gasteiger partial charge in [0.05, 0.1) is 5.75 Å². The van der Waals surface area contributed by atoms with E-state index < -0.39 is 14.8 Å². The Bertz CT molecular complexity index is 1750. The third-order valence-electron chi connectivity index (χ3n) is 5.25. The van der Waals surface area contributed by atoms with Crippen LogP contribution in [0.4, 0.5) is 0 Å². The first-order valence-corrected chi connectivity index (χ1v) is 24.4. The number of oxime groups is 1. The Morgan fingerprint density at radius 1 is 0.632 bits per heavy atom. The van der Waals surface area contributed by atoms with E-state index in [4.69, 9.17) is 50.3 Å². The van der Waals surface area contributed by atoms with Crippen molar-refractivity contribution in [3.63, 3.8) is 0 Å². The fourth-order valence-electron chi connectivity index (χ4n) is 2.91. The number of aryl methyl sites for hydroxylation is 1. The molecule has 0 radical (unpaired) electrons. The summed E-state index contributed by atoms with van der Waals surface area (Å²) in [5.41, 5.74) is 8.00. The molecule has 0 saturated heterocycles. The monoisotopic (exact) mass is 1000 g/mol. The van der Waals surface area contributed by atoms with Gasteiger partial charge in [-0.3, -0.25) is 30.3 Å². The van der Waals surface area contributed by atoms with Crippen LogP contribution in [0.2, 0.25) is 0 Å². The number of hydrogen-bond donors (Lipinski definition) is 3. The van der Waals surface area contributed by atoms with Gasteiger partial charge in [-0.05, 0) is 19.4 Å². The van der Waals surface area contributed by atoms with Crippen LogP contribution in [0.3, 0.4) is 0 Å². The van der Waals surface area contributed by atoms with E-state index in [1.54, 1.807) is 37.1 Å². The summed E-state index contributed by atoms with van der Waals surface area (Å²) in [5.74, 6) is 3.84. The molecule has 21 heteroatoms. The molecule has 3 N–H and O–H groups in total. The summed E-state index contributed by atoms with van der Waals surface area (Å²) in [7, 11) is 2.67. The number of thiol groups is 1. The molecule has 68 heavy (non-hydrogen) atoms. The van der Waals surface area contributed by atoms with E-state index in [0.717, 1.165) is 50.0 Å². The molecule has 0 saturated carbocycles. The van der Waals surface area contributed by atoms with Gasteiger partial charge in [0.25, 0.3) is 0 Å². The Labute approximate surface area is 417 Å². The lowest BCUT2D eigenvalue weighted by Gasteiger charge is -1.94. The molecule has 0 fully saturated rings. The average molecular weight is 1000 g/mol. The van der Waals surface area contributed by atoms with Crippen LogP contribution in [0, 0.1) is 30.3 Å². The number of nitrogens with zero attached hydrogens (tertiary/aromatic N) is 8. The van der Waals surface area contributed by atoms with E-state index in [2.05, 4.69) is 38.1 Å². The van der Waals surface area contributed by atoms with Gasteiger partial charge < -0.3 is 24.8 Å². The van der Waals surface area contributed by atoms with Gasteiger partial charge in [0.15, 0.2) is 27.0 Å². The van der Waals surface area contributed by atoms with Crippen molar-refractivity contribution in [2.75, 3.05) is 33.7 Å². The highest BCUT2D eigenvalue weighted by molar-refractivity contribution is 7.97. The van der Waals surface area contributed by atoms with Crippen molar-refractivity contribution >= 4 is 36.0 Å². The van der Waals surface area contributed by atoms with E-state index in [0.29, 0.717) is 29.9 Å². The van der Waals surface area contributed by atoms with E-state index in [1.807, 2.05) is 182 Å². The first-order valence-electron chi connectivity index (χ1n) is 22.1. The van der Waals surface area contributed by atoms with Gasteiger partial charge in [0.1, 0.15) is 5.78 Å². The highest BCUT2D eigenvalue weighted by Crippen LogP contribution is 2.16. The molecule has 5 aromatic rings. The molecule has 3 aromatic carbocycles. The van der Waals surface area contributed by atoms with Crippen molar-refractivity contribution in [3.05, 3.63) is 139 Å². The van der Waals surface area contributed by atoms with Crippen LogP contribution in [0.25, 0.3) is 22.8 Å².